The van der Waals surface area contributed by atoms with Crippen LogP contribution >= 0.6 is 22.6 Å². The van der Waals surface area contributed by atoms with Crippen molar-refractivity contribution in [3.05, 3.63) is 0 Å². The molecular weight excluding hydrogens is 275 g/mol. The Morgan fingerprint density at radius 3 is 2.00 bits per heavy atom. The van der Waals surface area contributed by atoms with Crippen molar-refractivity contribution in [1.29, 1.82) is 0 Å². The fourth-order valence-electron chi connectivity index (χ4n) is 0.866. The second kappa shape index (κ2) is 8.77. The highest BCUT2D eigenvalue weighted by Crippen LogP contribution is 2.04. The van der Waals surface area contributed by atoms with Crippen LogP contribution in [0.1, 0.15) is 32.1 Å². The average Bonchev–Trinajstić information content (AvgIpc) is 1.96. The van der Waals surface area contributed by atoms with Crippen LogP contribution in [0.15, 0.2) is 0 Å². The van der Waals surface area contributed by atoms with Crippen molar-refractivity contribution in [3.8, 4) is 0 Å². The molecule has 0 saturated heterocycles. The Balaban J connectivity index is 2.90. The van der Waals surface area contributed by atoms with Gasteiger partial charge in [-0.1, -0.05) is 41.9 Å². The first-order valence-corrected chi connectivity index (χ1v) is 6.84. The quantitative estimate of drug-likeness (QED) is 0.337. The van der Waals surface area contributed by atoms with Crippen molar-refractivity contribution >= 4 is 33.3 Å². The normalized spacial score (nSPS) is 10.7. The van der Waals surface area contributed by atoms with E-state index in [1.165, 1.54) is 23.7 Å². The second-order valence-electron chi connectivity index (χ2n) is 2.51. The van der Waals surface area contributed by atoms with Gasteiger partial charge in [0.1, 0.15) is 10.7 Å². The number of halogens is 1. The van der Waals surface area contributed by atoms with Crippen LogP contribution in [0.25, 0.3) is 0 Å². The number of alkyl halides is 1. The Hall–Kier alpha value is 0.680. The fraction of sp³-hybridized carbons (Fsp3) is 1.00. The molecule has 0 aliphatic rings. The van der Waals surface area contributed by atoms with Crippen LogP contribution in [0.4, 0.5) is 0 Å². The Bertz CT molecular complexity index is 137. The minimum absolute atomic E-state index is 0.375. The van der Waals surface area contributed by atoms with Gasteiger partial charge in [0.2, 0.25) is 0 Å². The van der Waals surface area contributed by atoms with E-state index in [1.807, 2.05) is 0 Å². The van der Waals surface area contributed by atoms with Gasteiger partial charge < -0.3 is 0 Å². The van der Waals surface area contributed by atoms with E-state index < -0.39 is 10.7 Å². The lowest BCUT2D eigenvalue weighted by atomic mass is 10.2. The maximum Gasteiger partial charge on any atom is 0.140 e. The third-order valence-corrected chi connectivity index (χ3v) is 2.92. The topological polar surface area (TPSA) is 34.1 Å². The molecule has 0 aromatic rings. The summed E-state index contributed by atoms with van der Waals surface area (Å²) in [6, 6.07) is 0. The molecule has 0 aromatic carbocycles. The van der Waals surface area contributed by atoms with Crippen molar-refractivity contribution in [3.63, 3.8) is 0 Å². The van der Waals surface area contributed by atoms with Crippen molar-refractivity contribution in [1.82, 2.24) is 0 Å². The van der Waals surface area contributed by atoms with E-state index in [0.29, 0.717) is 5.75 Å². The molecule has 0 atom stereocenters. The molecule has 0 fully saturated rings. The van der Waals surface area contributed by atoms with Crippen molar-refractivity contribution in [2.75, 3.05) is 10.2 Å². The van der Waals surface area contributed by atoms with Crippen molar-refractivity contribution < 1.29 is 8.42 Å². The zero-order chi connectivity index (χ0) is 8.53. The number of hydrogen-bond donors (Lipinski definition) is 1. The van der Waals surface area contributed by atoms with E-state index >= 15 is 0 Å². The van der Waals surface area contributed by atoms with Gasteiger partial charge in [-0.2, -0.15) is 0 Å². The summed E-state index contributed by atoms with van der Waals surface area (Å²) in [6.45, 7) is 0. The molecule has 0 bridgehead atoms. The summed E-state index contributed by atoms with van der Waals surface area (Å²) in [5.41, 5.74) is 0. The van der Waals surface area contributed by atoms with E-state index in [4.69, 9.17) is 0 Å². The summed E-state index contributed by atoms with van der Waals surface area (Å²) in [5.74, 6) is 0.375. The van der Waals surface area contributed by atoms with Gasteiger partial charge in [0, 0.05) is 5.75 Å². The molecule has 0 spiro atoms. The van der Waals surface area contributed by atoms with E-state index in [1.54, 1.807) is 0 Å². The lowest BCUT2D eigenvalue weighted by Gasteiger charge is -1.95. The van der Waals surface area contributed by atoms with E-state index in [2.05, 4.69) is 22.6 Å². The van der Waals surface area contributed by atoms with Crippen molar-refractivity contribution in [2.24, 2.45) is 0 Å². The molecule has 0 rings (SSSR count). The molecule has 2 nitrogen and oxygen atoms in total. The molecular formula is C7H15IO2S. The van der Waals surface area contributed by atoms with Gasteiger partial charge in [0.15, 0.2) is 0 Å². The molecule has 11 heavy (non-hydrogen) atoms. The van der Waals surface area contributed by atoms with Gasteiger partial charge in [-0.15, -0.1) is 0 Å². The molecule has 68 valence electrons. The third kappa shape index (κ3) is 10.7. The molecule has 0 radical (unpaired) electrons. The van der Waals surface area contributed by atoms with Gasteiger partial charge >= 0.3 is 0 Å². The average molecular weight is 290 g/mol. The minimum Gasteiger partial charge on any atom is -0.232 e. The van der Waals surface area contributed by atoms with E-state index in [9.17, 15) is 8.42 Å². The van der Waals surface area contributed by atoms with Gasteiger partial charge in [0.05, 0.1) is 0 Å². The number of unbranched alkanes of at least 4 members (excludes halogenated alkanes) is 4. The Morgan fingerprint density at radius 2 is 1.45 bits per heavy atom. The van der Waals surface area contributed by atoms with Crippen LogP contribution in [-0.4, -0.2) is 18.6 Å². The summed E-state index contributed by atoms with van der Waals surface area (Å²) in [4.78, 5) is 0. The molecule has 0 heterocycles. The zero-order valence-corrected chi connectivity index (χ0v) is 9.64. The first-order valence-electron chi connectivity index (χ1n) is 3.95. The number of hydrogen-bond acceptors (Lipinski definition) is 2. The van der Waals surface area contributed by atoms with E-state index in [-0.39, 0.29) is 0 Å². The highest BCUT2D eigenvalue weighted by molar-refractivity contribution is 14.1. The fourth-order valence-corrected chi connectivity index (χ4v) is 1.89. The predicted molar refractivity (Wildman–Crippen MR) is 57.2 cm³/mol. The number of thiol groups is 1. The van der Waals surface area contributed by atoms with Gasteiger partial charge in [-0.25, -0.2) is 8.42 Å². The van der Waals surface area contributed by atoms with Gasteiger partial charge in [-0.05, 0) is 17.3 Å². The van der Waals surface area contributed by atoms with Gasteiger partial charge in [0.25, 0.3) is 0 Å². The zero-order valence-electron chi connectivity index (χ0n) is 6.59. The summed E-state index contributed by atoms with van der Waals surface area (Å²) in [5, 5.41) is 0. The second-order valence-corrected chi connectivity index (χ2v) is 4.70. The third-order valence-electron chi connectivity index (χ3n) is 1.47. The van der Waals surface area contributed by atoms with Crippen LogP contribution in [0, 0.1) is 0 Å². The first-order chi connectivity index (χ1) is 5.27. The molecule has 0 aromatic heterocycles. The maximum absolute atomic E-state index is 10.1. The summed E-state index contributed by atoms with van der Waals surface area (Å²) < 4.78 is 21.5. The minimum atomic E-state index is -2.13. The largest absolute Gasteiger partial charge is 0.232 e. The standard InChI is InChI=1S/C7H15IO2S/c8-6-4-2-1-3-5-7-11(9)10/h11H,1-7H2. The summed E-state index contributed by atoms with van der Waals surface area (Å²) in [6.07, 6.45) is 5.62. The number of rotatable bonds is 7. The Morgan fingerprint density at radius 1 is 0.909 bits per heavy atom. The molecule has 0 unspecified atom stereocenters. The monoisotopic (exact) mass is 290 g/mol. The lowest BCUT2D eigenvalue weighted by Crippen LogP contribution is -1.87. The van der Waals surface area contributed by atoms with Crippen LogP contribution in [0.2, 0.25) is 0 Å². The maximum atomic E-state index is 10.1. The molecule has 0 aliphatic heterocycles. The van der Waals surface area contributed by atoms with Crippen LogP contribution in [-0.2, 0) is 10.7 Å². The highest BCUT2D eigenvalue weighted by Gasteiger charge is 1.90. The van der Waals surface area contributed by atoms with Crippen LogP contribution in [0.3, 0.4) is 0 Å². The Labute approximate surface area is 83.8 Å². The molecule has 0 N–H and O–H groups in total. The molecule has 4 heteroatoms. The molecule has 0 amide bonds. The van der Waals surface area contributed by atoms with Crippen LogP contribution in [0.5, 0.6) is 0 Å². The lowest BCUT2D eigenvalue weighted by molar-refractivity contribution is 0.604. The predicted octanol–water partition coefficient (Wildman–Crippen LogP) is 1.98. The van der Waals surface area contributed by atoms with E-state index in [0.717, 1.165) is 12.8 Å². The highest BCUT2D eigenvalue weighted by atomic mass is 127. The summed E-state index contributed by atoms with van der Waals surface area (Å²) >= 11 is 2.36. The molecule has 0 saturated carbocycles. The first kappa shape index (κ1) is 11.7. The van der Waals surface area contributed by atoms with Gasteiger partial charge in [-0.3, -0.25) is 0 Å². The SMILES string of the molecule is O=[SH](=O)CCCCCCCI. The van der Waals surface area contributed by atoms with Crippen LogP contribution < -0.4 is 0 Å². The smallest absolute Gasteiger partial charge is 0.140 e. The Kier molecular flexibility index (Phi) is 9.32. The van der Waals surface area contributed by atoms with Crippen molar-refractivity contribution in [2.45, 2.75) is 32.1 Å². The molecule has 0 aliphatic carbocycles. The summed E-state index contributed by atoms with van der Waals surface area (Å²) in [7, 11) is -2.13.